The molecule has 1 saturated heterocycles. The van der Waals surface area contributed by atoms with E-state index in [9.17, 15) is 14.0 Å². The van der Waals surface area contributed by atoms with Crippen LogP contribution in [0.5, 0.6) is 0 Å². The molecule has 3 heterocycles. The fraction of sp³-hybridized carbons (Fsp3) is 0.368. The summed E-state index contributed by atoms with van der Waals surface area (Å²) in [5, 5.41) is 5.31. The highest BCUT2D eigenvalue weighted by Gasteiger charge is 2.30. The van der Waals surface area contributed by atoms with Crippen molar-refractivity contribution >= 4 is 29.0 Å². The van der Waals surface area contributed by atoms with Gasteiger partial charge in [0.25, 0.3) is 5.91 Å². The Balaban J connectivity index is 1.53. The third-order valence-electron chi connectivity index (χ3n) is 4.69. The zero-order chi connectivity index (χ0) is 19.5. The van der Waals surface area contributed by atoms with Crippen LogP contribution in [0.1, 0.15) is 23.2 Å². The van der Waals surface area contributed by atoms with Crippen LogP contribution in [0.15, 0.2) is 30.6 Å². The highest BCUT2D eigenvalue weighted by Crippen LogP contribution is 2.30. The van der Waals surface area contributed by atoms with Gasteiger partial charge in [-0.25, -0.2) is 9.97 Å². The van der Waals surface area contributed by atoms with Gasteiger partial charge in [0.2, 0.25) is 11.9 Å². The Kier molecular flexibility index (Phi) is 5.16. The number of aromatic nitrogens is 2. The van der Waals surface area contributed by atoms with Gasteiger partial charge < -0.3 is 20.3 Å². The van der Waals surface area contributed by atoms with Gasteiger partial charge in [-0.3, -0.25) is 9.59 Å². The van der Waals surface area contributed by atoms with Crippen LogP contribution in [0.25, 0.3) is 0 Å². The van der Waals surface area contributed by atoms with Crippen LogP contribution in [0.3, 0.4) is 0 Å². The molecule has 2 aromatic rings. The molecular formula is C19H20FN5O3. The number of anilines is 3. The van der Waals surface area contributed by atoms with E-state index in [1.807, 2.05) is 4.90 Å². The number of halogens is 1. The lowest BCUT2D eigenvalue weighted by molar-refractivity contribution is -0.117. The fourth-order valence-corrected chi connectivity index (χ4v) is 3.01. The lowest BCUT2D eigenvalue weighted by Crippen LogP contribution is -2.37. The summed E-state index contributed by atoms with van der Waals surface area (Å²) in [5.41, 5.74) is 0.840. The summed E-state index contributed by atoms with van der Waals surface area (Å²) in [4.78, 5) is 34.2. The number of nitrogens with one attached hydrogen (secondary N) is 2. The van der Waals surface area contributed by atoms with E-state index in [1.165, 1.54) is 24.5 Å². The summed E-state index contributed by atoms with van der Waals surface area (Å²) in [6.07, 6.45) is 4.54. The van der Waals surface area contributed by atoms with E-state index in [1.54, 1.807) is 6.07 Å². The monoisotopic (exact) mass is 385 g/mol. The minimum Gasteiger partial charge on any atom is -0.378 e. The molecule has 0 unspecified atom stereocenters. The Labute approximate surface area is 161 Å². The van der Waals surface area contributed by atoms with Gasteiger partial charge in [-0.1, -0.05) is 0 Å². The van der Waals surface area contributed by atoms with Crippen molar-refractivity contribution in [2.24, 2.45) is 5.92 Å². The molecule has 0 radical (unpaired) electrons. The number of rotatable bonds is 5. The summed E-state index contributed by atoms with van der Waals surface area (Å²) in [5.74, 6) is -1.04. The number of morpholine rings is 1. The summed E-state index contributed by atoms with van der Waals surface area (Å²) in [6, 6.07) is 4.64. The van der Waals surface area contributed by atoms with Gasteiger partial charge in [-0.05, 0) is 31.0 Å². The third kappa shape index (κ3) is 4.09. The Morgan fingerprint density at radius 1 is 1.11 bits per heavy atom. The maximum atomic E-state index is 14.4. The van der Waals surface area contributed by atoms with Crippen molar-refractivity contribution in [1.82, 2.24) is 9.97 Å². The van der Waals surface area contributed by atoms with Gasteiger partial charge in [-0.2, -0.15) is 4.39 Å². The molecule has 0 spiro atoms. The highest BCUT2D eigenvalue weighted by molar-refractivity contribution is 6.06. The number of ether oxygens (including phenoxy) is 1. The smallest absolute Gasteiger partial charge is 0.256 e. The normalized spacial score (nSPS) is 16.5. The largest absolute Gasteiger partial charge is 0.378 e. The van der Waals surface area contributed by atoms with E-state index in [2.05, 4.69) is 20.6 Å². The minimum absolute atomic E-state index is 0.0229. The molecule has 9 heteroatoms. The first-order valence-electron chi connectivity index (χ1n) is 9.17. The van der Waals surface area contributed by atoms with Crippen molar-refractivity contribution in [3.8, 4) is 0 Å². The van der Waals surface area contributed by atoms with E-state index < -0.39 is 11.9 Å². The number of nitrogens with zero attached hydrogens (tertiary/aromatic N) is 3. The summed E-state index contributed by atoms with van der Waals surface area (Å²) in [6.45, 7) is 2.26. The standard InChI is InChI=1S/C19H20FN5O3/c20-17-16(14(4-6-22-17)25-7-9-28-10-8-25)24-19(27)13-3-5-21-15(11-13)23-18(26)12-1-2-12/h3-6,11-12H,1-2,7-10H2,(H,24,27)(H,21,23,26). The maximum Gasteiger partial charge on any atom is 0.256 e. The summed E-state index contributed by atoms with van der Waals surface area (Å²) in [7, 11) is 0. The summed E-state index contributed by atoms with van der Waals surface area (Å²) < 4.78 is 19.7. The first-order valence-corrected chi connectivity index (χ1v) is 9.17. The maximum absolute atomic E-state index is 14.4. The van der Waals surface area contributed by atoms with E-state index in [0.29, 0.717) is 37.8 Å². The molecule has 0 bridgehead atoms. The molecule has 28 heavy (non-hydrogen) atoms. The second-order valence-electron chi connectivity index (χ2n) is 6.74. The predicted molar refractivity (Wildman–Crippen MR) is 101 cm³/mol. The van der Waals surface area contributed by atoms with Crippen molar-refractivity contribution in [1.29, 1.82) is 0 Å². The van der Waals surface area contributed by atoms with Gasteiger partial charge in [0.15, 0.2) is 0 Å². The summed E-state index contributed by atoms with van der Waals surface area (Å²) >= 11 is 0. The predicted octanol–water partition coefficient (Wildman–Crippen LogP) is 2.05. The lowest BCUT2D eigenvalue weighted by atomic mass is 10.2. The van der Waals surface area contributed by atoms with Gasteiger partial charge in [0.05, 0.1) is 18.9 Å². The molecule has 2 aromatic heterocycles. The molecule has 146 valence electrons. The molecule has 1 aliphatic heterocycles. The van der Waals surface area contributed by atoms with Crippen molar-refractivity contribution in [3.05, 3.63) is 42.1 Å². The Hall–Kier alpha value is -3.07. The van der Waals surface area contributed by atoms with Crippen LogP contribution in [-0.2, 0) is 9.53 Å². The fourth-order valence-electron chi connectivity index (χ4n) is 3.01. The molecule has 2 amide bonds. The highest BCUT2D eigenvalue weighted by atomic mass is 19.1. The van der Waals surface area contributed by atoms with Crippen molar-refractivity contribution in [3.63, 3.8) is 0 Å². The average molecular weight is 385 g/mol. The first kappa shape index (κ1) is 18.3. The molecule has 1 saturated carbocycles. The van der Waals surface area contributed by atoms with E-state index in [4.69, 9.17) is 4.74 Å². The number of hydrogen-bond donors (Lipinski definition) is 2. The lowest BCUT2D eigenvalue weighted by Gasteiger charge is -2.30. The molecule has 2 N–H and O–H groups in total. The van der Waals surface area contributed by atoms with Gasteiger partial charge >= 0.3 is 0 Å². The van der Waals surface area contributed by atoms with Crippen molar-refractivity contribution in [2.45, 2.75) is 12.8 Å². The Morgan fingerprint density at radius 2 is 1.86 bits per heavy atom. The van der Waals surface area contributed by atoms with Crippen LogP contribution in [0.2, 0.25) is 0 Å². The van der Waals surface area contributed by atoms with Crippen LogP contribution in [0, 0.1) is 11.9 Å². The van der Waals surface area contributed by atoms with Gasteiger partial charge in [0, 0.05) is 37.0 Å². The second-order valence-corrected chi connectivity index (χ2v) is 6.74. The van der Waals surface area contributed by atoms with Crippen molar-refractivity contribution < 1.29 is 18.7 Å². The zero-order valence-electron chi connectivity index (χ0n) is 15.2. The molecule has 8 nitrogen and oxygen atoms in total. The number of carbonyl (C=O) groups excluding carboxylic acids is 2. The van der Waals surface area contributed by atoms with Crippen molar-refractivity contribution in [2.75, 3.05) is 41.8 Å². The Bertz CT molecular complexity index is 897. The molecule has 0 aromatic carbocycles. The SMILES string of the molecule is O=C(Nc1c(N2CCOCC2)ccnc1F)c1ccnc(NC(=O)C2CC2)c1. The van der Waals surface area contributed by atoms with Crippen LogP contribution in [0.4, 0.5) is 21.6 Å². The number of amides is 2. The topological polar surface area (TPSA) is 96.5 Å². The molecule has 2 fully saturated rings. The third-order valence-corrected chi connectivity index (χ3v) is 4.69. The molecule has 0 atom stereocenters. The minimum atomic E-state index is -0.756. The average Bonchev–Trinajstić information content (AvgIpc) is 3.56. The van der Waals surface area contributed by atoms with Crippen LogP contribution < -0.4 is 15.5 Å². The van der Waals surface area contributed by atoms with Crippen LogP contribution >= 0.6 is 0 Å². The van der Waals surface area contributed by atoms with Crippen LogP contribution in [-0.4, -0.2) is 48.1 Å². The molecular weight excluding hydrogens is 365 g/mol. The Morgan fingerprint density at radius 3 is 2.61 bits per heavy atom. The van der Waals surface area contributed by atoms with Gasteiger partial charge in [-0.15, -0.1) is 0 Å². The van der Waals surface area contributed by atoms with E-state index in [0.717, 1.165) is 12.8 Å². The first-order chi connectivity index (χ1) is 13.6. The zero-order valence-corrected chi connectivity index (χ0v) is 15.2. The molecule has 2 aliphatic rings. The molecule has 1 aliphatic carbocycles. The quantitative estimate of drug-likeness (QED) is 0.765. The van der Waals surface area contributed by atoms with E-state index in [-0.39, 0.29) is 23.1 Å². The number of carbonyl (C=O) groups is 2. The van der Waals surface area contributed by atoms with Gasteiger partial charge in [0.1, 0.15) is 11.5 Å². The number of pyridine rings is 2. The number of hydrogen-bond acceptors (Lipinski definition) is 6. The molecule has 4 rings (SSSR count). The second kappa shape index (κ2) is 7.89. The van der Waals surface area contributed by atoms with E-state index >= 15 is 0 Å².